The van der Waals surface area contributed by atoms with Crippen molar-refractivity contribution in [1.82, 2.24) is 4.98 Å². The Labute approximate surface area is 104 Å². The highest BCUT2D eigenvalue weighted by Gasteiger charge is 2.37. The first-order valence-electron chi connectivity index (χ1n) is 4.88. The zero-order valence-corrected chi connectivity index (χ0v) is 9.59. The van der Waals surface area contributed by atoms with Gasteiger partial charge < -0.3 is 10.5 Å². The number of rotatable bonds is 3. The Morgan fingerprint density at radius 1 is 1.47 bits per heavy atom. The zero-order chi connectivity index (χ0) is 14.8. The molecule has 0 saturated heterocycles. The van der Waals surface area contributed by atoms with Crippen LogP contribution in [0, 0.1) is 0 Å². The standard InChI is InChI=1S/C10H9F5N2O2/c1-19-6(18)3-4-2-5(10(13,14)15)7(8(11)12)17-9(4)16/h2,8H,3H2,1H3,(H2,16,17). The smallest absolute Gasteiger partial charge is 0.418 e. The Morgan fingerprint density at radius 2 is 2.05 bits per heavy atom. The largest absolute Gasteiger partial charge is 0.469 e. The molecule has 1 rings (SSSR count). The Balaban J connectivity index is 3.34. The predicted octanol–water partition coefficient (Wildman–Crippen LogP) is 2.34. The van der Waals surface area contributed by atoms with E-state index in [1.54, 1.807) is 0 Å². The van der Waals surface area contributed by atoms with Gasteiger partial charge in [0.15, 0.2) is 0 Å². The predicted molar refractivity (Wildman–Crippen MR) is 54.3 cm³/mol. The van der Waals surface area contributed by atoms with Gasteiger partial charge in [0.1, 0.15) is 11.5 Å². The summed E-state index contributed by atoms with van der Waals surface area (Å²) >= 11 is 0. The van der Waals surface area contributed by atoms with Crippen molar-refractivity contribution in [3.05, 3.63) is 22.9 Å². The molecule has 2 N–H and O–H groups in total. The monoisotopic (exact) mass is 284 g/mol. The minimum atomic E-state index is -5.02. The number of hydrogen-bond acceptors (Lipinski definition) is 4. The highest BCUT2D eigenvalue weighted by molar-refractivity contribution is 5.74. The van der Waals surface area contributed by atoms with Gasteiger partial charge in [0.2, 0.25) is 0 Å². The highest BCUT2D eigenvalue weighted by atomic mass is 19.4. The third-order valence-electron chi connectivity index (χ3n) is 2.24. The number of ether oxygens (including phenoxy) is 1. The third kappa shape index (κ3) is 3.52. The van der Waals surface area contributed by atoms with Gasteiger partial charge in [-0.15, -0.1) is 0 Å². The summed E-state index contributed by atoms with van der Waals surface area (Å²) in [6.07, 6.45) is -9.02. The summed E-state index contributed by atoms with van der Waals surface area (Å²) in [5.41, 5.74) is 1.86. The van der Waals surface area contributed by atoms with Crippen molar-refractivity contribution < 1.29 is 31.5 Å². The van der Waals surface area contributed by atoms with Gasteiger partial charge in [0, 0.05) is 5.56 Å². The normalized spacial score (nSPS) is 11.7. The molecule has 4 nitrogen and oxygen atoms in total. The van der Waals surface area contributed by atoms with E-state index in [1.807, 2.05) is 0 Å². The molecule has 0 saturated carbocycles. The lowest BCUT2D eigenvalue weighted by Gasteiger charge is -2.14. The molecule has 1 aromatic rings. The minimum absolute atomic E-state index is 0.316. The summed E-state index contributed by atoms with van der Waals surface area (Å²) in [4.78, 5) is 14.0. The van der Waals surface area contributed by atoms with E-state index in [4.69, 9.17) is 5.73 Å². The number of esters is 1. The summed E-state index contributed by atoms with van der Waals surface area (Å²) < 4.78 is 67.1. The second-order valence-corrected chi connectivity index (χ2v) is 3.52. The van der Waals surface area contributed by atoms with Gasteiger partial charge in [-0.3, -0.25) is 4.79 Å². The SMILES string of the molecule is COC(=O)Cc1cc(C(F)(F)F)c(C(F)F)nc1N. The van der Waals surface area contributed by atoms with Crippen LogP contribution in [0.1, 0.15) is 23.2 Å². The van der Waals surface area contributed by atoms with Gasteiger partial charge in [0.05, 0.1) is 19.1 Å². The van der Waals surface area contributed by atoms with Crippen LogP contribution in [0.3, 0.4) is 0 Å². The van der Waals surface area contributed by atoms with E-state index in [-0.39, 0.29) is 5.56 Å². The molecule has 0 amide bonds. The van der Waals surface area contributed by atoms with Crippen LogP contribution in [-0.4, -0.2) is 18.1 Å². The maximum atomic E-state index is 12.6. The van der Waals surface area contributed by atoms with Crippen LogP contribution in [-0.2, 0) is 22.1 Å². The number of pyridine rings is 1. The number of methoxy groups -OCH3 is 1. The molecule has 9 heteroatoms. The molecule has 0 aromatic carbocycles. The number of nitrogens with zero attached hydrogens (tertiary/aromatic N) is 1. The molecular formula is C10H9F5N2O2. The zero-order valence-electron chi connectivity index (χ0n) is 9.59. The Kier molecular flexibility index (Phi) is 4.28. The molecule has 0 aliphatic rings. The van der Waals surface area contributed by atoms with Gasteiger partial charge in [-0.2, -0.15) is 13.2 Å². The topological polar surface area (TPSA) is 65.2 Å². The Hall–Kier alpha value is -1.93. The lowest BCUT2D eigenvalue weighted by atomic mass is 10.1. The average Bonchev–Trinajstić information content (AvgIpc) is 2.29. The van der Waals surface area contributed by atoms with E-state index in [9.17, 15) is 26.7 Å². The lowest BCUT2D eigenvalue weighted by Crippen LogP contribution is -2.16. The van der Waals surface area contributed by atoms with Crippen molar-refractivity contribution in [2.24, 2.45) is 0 Å². The number of halogens is 5. The quantitative estimate of drug-likeness (QED) is 0.683. The molecule has 1 aromatic heterocycles. The van der Waals surface area contributed by atoms with Crippen LogP contribution in [0.5, 0.6) is 0 Å². The van der Waals surface area contributed by atoms with Crippen LogP contribution in [0.25, 0.3) is 0 Å². The van der Waals surface area contributed by atoms with Crippen molar-refractivity contribution in [3.63, 3.8) is 0 Å². The van der Waals surface area contributed by atoms with Crippen LogP contribution in [0.4, 0.5) is 27.8 Å². The van der Waals surface area contributed by atoms with Gasteiger partial charge in [-0.1, -0.05) is 0 Å². The van der Waals surface area contributed by atoms with E-state index in [0.717, 1.165) is 7.11 Å². The molecular weight excluding hydrogens is 275 g/mol. The number of carbonyl (C=O) groups is 1. The van der Waals surface area contributed by atoms with Crippen LogP contribution in [0.15, 0.2) is 6.07 Å². The molecule has 19 heavy (non-hydrogen) atoms. The minimum Gasteiger partial charge on any atom is -0.469 e. The summed E-state index contributed by atoms with van der Waals surface area (Å²) in [7, 11) is 1.03. The Bertz CT molecular complexity index is 488. The first kappa shape index (κ1) is 15.1. The average molecular weight is 284 g/mol. The lowest BCUT2D eigenvalue weighted by molar-refractivity contribution is -0.141. The maximum absolute atomic E-state index is 12.6. The molecule has 0 radical (unpaired) electrons. The van der Waals surface area contributed by atoms with Gasteiger partial charge >= 0.3 is 12.1 Å². The van der Waals surface area contributed by atoms with E-state index in [0.29, 0.717) is 6.07 Å². The van der Waals surface area contributed by atoms with Crippen molar-refractivity contribution in [2.75, 3.05) is 12.8 Å². The number of nitrogen functional groups attached to an aromatic ring is 1. The third-order valence-corrected chi connectivity index (χ3v) is 2.24. The molecule has 0 fully saturated rings. The molecule has 0 bridgehead atoms. The van der Waals surface area contributed by atoms with Crippen LogP contribution in [0.2, 0.25) is 0 Å². The van der Waals surface area contributed by atoms with Crippen molar-refractivity contribution in [3.8, 4) is 0 Å². The second kappa shape index (κ2) is 5.37. The summed E-state index contributed by atoms with van der Waals surface area (Å²) in [5, 5.41) is 0. The van der Waals surface area contributed by atoms with Crippen LogP contribution >= 0.6 is 0 Å². The second-order valence-electron chi connectivity index (χ2n) is 3.52. The molecule has 0 aliphatic heterocycles. The van der Waals surface area contributed by atoms with Gasteiger partial charge in [0.25, 0.3) is 6.43 Å². The molecule has 0 aliphatic carbocycles. The number of anilines is 1. The molecule has 0 unspecified atom stereocenters. The number of hydrogen-bond donors (Lipinski definition) is 1. The molecule has 1 heterocycles. The fourth-order valence-corrected chi connectivity index (χ4v) is 1.35. The van der Waals surface area contributed by atoms with E-state index in [2.05, 4.69) is 9.72 Å². The molecule has 0 atom stereocenters. The Morgan fingerprint density at radius 3 is 2.47 bits per heavy atom. The summed E-state index contributed by atoms with van der Waals surface area (Å²) in [6.45, 7) is 0. The first-order valence-corrected chi connectivity index (χ1v) is 4.88. The van der Waals surface area contributed by atoms with Crippen LogP contribution < -0.4 is 5.73 Å². The van der Waals surface area contributed by atoms with Crippen molar-refractivity contribution in [1.29, 1.82) is 0 Å². The van der Waals surface area contributed by atoms with E-state index in [1.165, 1.54) is 0 Å². The fraction of sp³-hybridized carbons (Fsp3) is 0.400. The first-order chi connectivity index (χ1) is 8.66. The fourth-order valence-electron chi connectivity index (χ4n) is 1.35. The van der Waals surface area contributed by atoms with Crippen molar-refractivity contribution in [2.45, 2.75) is 19.0 Å². The van der Waals surface area contributed by atoms with Gasteiger partial charge in [-0.05, 0) is 6.07 Å². The molecule has 0 spiro atoms. The number of alkyl halides is 5. The van der Waals surface area contributed by atoms with Gasteiger partial charge in [-0.25, -0.2) is 13.8 Å². The van der Waals surface area contributed by atoms with E-state index >= 15 is 0 Å². The summed E-state index contributed by atoms with van der Waals surface area (Å²) in [6, 6.07) is 0.390. The number of aromatic nitrogens is 1. The maximum Gasteiger partial charge on any atom is 0.418 e. The van der Waals surface area contributed by atoms with Crippen molar-refractivity contribution >= 4 is 11.8 Å². The molecule has 106 valence electrons. The highest BCUT2D eigenvalue weighted by Crippen LogP contribution is 2.37. The van der Waals surface area contributed by atoms with E-state index < -0.39 is 42.1 Å². The number of carbonyl (C=O) groups excluding carboxylic acids is 1. The number of nitrogens with two attached hydrogens (primary N) is 1. The summed E-state index contributed by atoms with van der Waals surface area (Å²) in [5.74, 6) is -1.42.